The topological polar surface area (TPSA) is 88.3 Å². The Labute approximate surface area is 92.7 Å². The number of amides is 1. The van der Waals surface area contributed by atoms with E-state index in [9.17, 15) is 9.59 Å². The summed E-state index contributed by atoms with van der Waals surface area (Å²) in [5.41, 5.74) is 0.393. The molecule has 1 amide bonds. The van der Waals surface area contributed by atoms with Gasteiger partial charge in [0.05, 0.1) is 18.7 Å². The highest BCUT2D eigenvalue weighted by molar-refractivity contribution is 5.75. The fraction of sp³-hybridized carbons (Fsp3) is 0.556. The summed E-state index contributed by atoms with van der Waals surface area (Å²) >= 11 is 0. The molecular formula is C9H14N4O3. The highest BCUT2D eigenvalue weighted by Crippen LogP contribution is 1.97. The molecule has 0 radical (unpaired) electrons. The lowest BCUT2D eigenvalue weighted by Crippen LogP contribution is -2.23. The Bertz CT molecular complexity index is 386. The molecule has 0 fully saturated rings. The van der Waals surface area contributed by atoms with Crippen LogP contribution in [0.15, 0.2) is 6.20 Å². The molecule has 1 N–H and O–H groups in total. The van der Waals surface area contributed by atoms with E-state index < -0.39 is 5.97 Å². The molecule has 0 spiro atoms. The highest BCUT2D eigenvalue weighted by atomic mass is 16.4. The normalized spacial score (nSPS) is 10.1. The van der Waals surface area contributed by atoms with Crippen LogP contribution in [0.2, 0.25) is 0 Å². The summed E-state index contributed by atoms with van der Waals surface area (Å²) in [5, 5.41) is 15.9. The monoisotopic (exact) mass is 226 g/mol. The molecule has 1 heterocycles. The molecule has 0 unspecified atom stereocenters. The first-order valence-corrected chi connectivity index (χ1v) is 4.80. The Morgan fingerprint density at radius 1 is 1.50 bits per heavy atom. The molecule has 0 saturated carbocycles. The van der Waals surface area contributed by atoms with E-state index in [2.05, 4.69) is 10.3 Å². The molecular weight excluding hydrogens is 212 g/mol. The minimum absolute atomic E-state index is 0.00437. The second kappa shape index (κ2) is 5.24. The molecule has 88 valence electrons. The van der Waals surface area contributed by atoms with Crippen molar-refractivity contribution in [1.29, 1.82) is 0 Å². The first kappa shape index (κ1) is 12.2. The first-order chi connectivity index (χ1) is 7.49. The van der Waals surface area contributed by atoms with Gasteiger partial charge in [-0.2, -0.15) is 0 Å². The van der Waals surface area contributed by atoms with Gasteiger partial charge in [0.1, 0.15) is 0 Å². The van der Waals surface area contributed by atoms with Gasteiger partial charge in [0.25, 0.3) is 0 Å². The van der Waals surface area contributed by atoms with E-state index in [-0.39, 0.29) is 12.3 Å². The van der Waals surface area contributed by atoms with Crippen LogP contribution < -0.4 is 0 Å². The number of carboxylic acids is 1. The molecule has 0 bridgehead atoms. The van der Waals surface area contributed by atoms with Crippen molar-refractivity contribution in [3.63, 3.8) is 0 Å². The zero-order valence-electron chi connectivity index (χ0n) is 9.25. The van der Waals surface area contributed by atoms with Gasteiger partial charge in [-0.05, 0) is 0 Å². The van der Waals surface area contributed by atoms with Crippen LogP contribution in [0.25, 0.3) is 0 Å². The van der Waals surface area contributed by atoms with E-state index in [1.165, 1.54) is 15.8 Å². The van der Waals surface area contributed by atoms with Crippen LogP contribution in [-0.2, 0) is 22.6 Å². The molecule has 0 aromatic carbocycles. The van der Waals surface area contributed by atoms with Gasteiger partial charge in [0.2, 0.25) is 5.91 Å². The zero-order valence-corrected chi connectivity index (χ0v) is 9.25. The number of aromatic nitrogens is 3. The molecule has 0 saturated heterocycles. The number of rotatable bonds is 5. The van der Waals surface area contributed by atoms with Crippen LogP contribution in [0.5, 0.6) is 0 Å². The Hall–Kier alpha value is -1.92. The van der Waals surface area contributed by atoms with E-state index in [1.807, 2.05) is 0 Å². The molecule has 1 aromatic heterocycles. The van der Waals surface area contributed by atoms with Crippen LogP contribution in [0.3, 0.4) is 0 Å². The second-order valence-corrected chi connectivity index (χ2v) is 3.58. The van der Waals surface area contributed by atoms with E-state index in [0.29, 0.717) is 18.7 Å². The number of nitrogens with zero attached hydrogens (tertiary/aromatic N) is 4. The summed E-state index contributed by atoms with van der Waals surface area (Å²) in [6, 6.07) is 0. The van der Waals surface area contributed by atoms with Gasteiger partial charge in [-0.15, -0.1) is 5.10 Å². The van der Waals surface area contributed by atoms with Crippen LogP contribution in [0, 0.1) is 0 Å². The van der Waals surface area contributed by atoms with Crippen molar-refractivity contribution in [1.82, 2.24) is 19.9 Å². The summed E-state index contributed by atoms with van der Waals surface area (Å²) in [5.74, 6) is -0.952. The van der Waals surface area contributed by atoms with E-state index in [0.717, 1.165) is 0 Å². The van der Waals surface area contributed by atoms with Gasteiger partial charge in [-0.3, -0.25) is 14.3 Å². The van der Waals surface area contributed by atoms with Crippen molar-refractivity contribution < 1.29 is 14.7 Å². The van der Waals surface area contributed by atoms with Gasteiger partial charge in [0.15, 0.2) is 0 Å². The number of aliphatic carboxylic acids is 1. The predicted molar refractivity (Wildman–Crippen MR) is 54.7 cm³/mol. The first-order valence-electron chi connectivity index (χ1n) is 4.80. The number of carbonyl (C=O) groups excluding carboxylic acids is 1. The number of carbonyl (C=O) groups is 2. The van der Waals surface area contributed by atoms with Gasteiger partial charge in [-0.1, -0.05) is 5.21 Å². The van der Waals surface area contributed by atoms with E-state index in [4.69, 9.17) is 5.11 Å². The quantitative estimate of drug-likeness (QED) is 0.723. The summed E-state index contributed by atoms with van der Waals surface area (Å²) in [6.45, 7) is 0.406. The lowest BCUT2D eigenvalue weighted by Gasteiger charge is -2.09. The van der Waals surface area contributed by atoms with Crippen LogP contribution >= 0.6 is 0 Å². The molecule has 7 heteroatoms. The van der Waals surface area contributed by atoms with E-state index in [1.54, 1.807) is 14.1 Å². The smallest absolute Gasteiger partial charge is 0.309 e. The Morgan fingerprint density at radius 2 is 2.19 bits per heavy atom. The third kappa shape index (κ3) is 3.68. The standard InChI is InChI=1S/C9H14N4O3/c1-12(2)8(14)3-4-13-6-7(10-11-13)5-9(15)16/h6H,3-5H2,1-2H3,(H,15,16). The fourth-order valence-electron chi connectivity index (χ4n) is 1.12. The average molecular weight is 226 g/mol. The van der Waals surface area contributed by atoms with Gasteiger partial charge in [0, 0.05) is 26.7 Å². The molecule has 0 aliphatic carbocycles. The largest absolute Gasteiger partial charge is 0.481 e. The number of aryl methyl sites for hydroxylation is 1. The van der Waals surface area contributed by atoms with Gasteiger partial charge in [-0.25, -0.2) is 0 Å². The van der Waals surface area contributed by atoms with Crippen molar-refractivity contribution in [2.24, 2.45) is 0 Å². The number of hydrogen-bond acceptors (Lipinski definition) is 4. The van der Waals surface area contributed by atoms with E-state index >= 15 is 0 Å². The number of hydrogen-bond donors (Lipinski definition) is 1. The Morgan fingerprint density at radius 3 is 2.75 bits per heavy atom. The van der Waals surface area contributed by atoms with Gasteiger partial charge >= 0.3 is 5.97 Å². The third-order valence-corrected chi connectivity index (χ3v) is 1.97. The Balaban J connectivity index is 2.46. The summed E-state index contributed by atoms with van der Waals surface area (Å²) < 4.78 is 1.47. The molecule has 7 nitrogen and oxygen atoms in total. The maximum absolute atomic E-state index is 11.3. The highest BCUT2D eigenvalue weighted by Gasteiger charge is 2.07. The minimum Gasteiger partial charge on any atom is -0.481 e. The van der Waals surface area contributed by atoms with Crippen molar-refractivity contribution in [2.75, 3.05) is 14.1 Å². The van der Waals surface area contributed by atoms with Crippen molar-refractivity contribution in [3.05, 3.63) is 11.9 Å². The fourth-order valence-corrected chi connectivity index (χ4v) is 1.12. The molecule has 0 atom stereocenters. The SMILES string of the molecule is CN(C)C(=O)CCn1cc(CC(=O)O)nn1. The third-order valence-electron chi connectivity index (χ3n) is 1.97. The zero-order chi connectivity index (χ0) is 12.1. The van der Waals surface area contributed by atoms with Crippen LogP contribution in [0.4, 0.5) is 0 Å². The maximum Gasteiger partial charge on any atom is 0.309 e. The molecule has 0 aliphatic rings. The van der Waals surface area contributed by atoms with Crippen LogP contribution in [-0.4, -0.2) is 51.0 Å². The van der Waals surface area contributed by atoms with Crippen molar-refractivity contribution in [2.45, 2.75) is 19.4 Å². The minimum atomic E-state index is -0.948. The predicted octanol–water partition coefficient (Wildman–Crippen LogP) is -0.617. The van der Waals surface area contributed by atoms with Crippen LogP contribution in [0.1, 0.15) is 12.1 Å². The maximum atomic E-state index is 11.3. The number of carboxylic acid groups (broad SMARTS) is 1. The van der Waals surface area contributed by atoms with Crippen molar-refractivity contribution in [3.8, 4) is 0 Å². The summed E-state index contributed by atoms with van der Waals surface area (Å²) in [4.78, 5) is 23.2. The lowest BCUT2D eigenvalue weighted by molar-refractivity contribution is -0.136. The lowest BCUT2D eigenvalue weighted by atomic mass is 10.3. The molecule has 0 aliphatic heterocycles. The average Bonchev–Trinajstić information content (AvgIpc) is 2.60. The second-order valence-electron chi connectivity index (χ2n) is 3.58. The van der Waals surface area contributed by atoms with Gasteiger partial charge < -0.3 is 10.0 Å². The molecule has 1 rings (SSSR count). The molecule has 16 heavy (non-hydrogen) atoms. The summed E-state index contributed by atoms with van der Waals surface area (Å²) in [6.07, 6.45) is 1.71. The Kier molecular flexibility index (Phi) is 3.98. The summed E-state index contributed by atoms with van der Waals surface area (Å²) in [7, 11) is 3.36. The molecule has 1 aromatic rings. The van der Waals surface area contributed by atoms with Crippen molar-refractivity contribution >= 4 is 11.9 Å².